The molecule has 28 heavy (non-hydrogen) atoms. The fraction of sp³-hybridized carbons (Fsp3) is 0.143. The van der Waals surface area contributed by atoms with Gasteiger partial charge in [0.15, 0.2) is 5.76 Å². The Bertz CT molecular complexity index is 1070. The van der Waals surface area contributed by atoms with Gasteiger partial charge in [0.25, 0.3) is 0 Å². The molecule has 3 rings (SSSR count). The minimum Gasteiger partial charge on any atom is -0.494 e. The summed E-state index contributed by atoms with van der Waals surface area (Å²) in [4.78, 5) is 12.3. The molecular formula is C21H17IN2O4. The number of carbonyl (C=O) groups is 1. The Morgan fingerprint density at radius 2 is 2.14 bits per heavy atom. The maximum absolute atomic E-state index is 12.3. The molecule has 0 bridgehead atoms. The molecule has 2 aromatic carbocycles. The molecule has 0 aliphatic heterocycles. The van der Waals surface area contributed by atoms with Gasteiger partial charge in [-0.15, -0.1) is 6.42 Å². The number of rotatable bonds is 7. The van der Waals surface area contributed by atoms with E-state index >= 15 is 0 Å². The number of furan rings is 1. The molecule has 0 spiro atoms. The zero-order valence-corrected chi connectivity index (χ0v) is 17.2. The van der Waals surface area contributed by atoms with Crippen LogP contribution >= 0.6 is 22.6 Å². The fourth-order valence-corrected chi connectivity index (χ4v) is 3.14. The van der Waals surface area contributed by atoms with E-state index in [0.29, 0.717) is 17.9 Å². The van der Waals surface area contributed by atoms with Gasteiger partial charge in [0.05, 0.1) is 16.4 Å². The summed E-state index contributed by atoms with van der Waals surface area (Å²) in [5, 5.41) is 4.77. The van der Waals surface area contributed by atoms with Crippen LogP contribution in [-0.2, 0) is 0 Å². The van der Waals surface area contributed by atoms with Gasteiger partial charge in [-0.05, 0) is 77.5 Å². The molecule has 7 heteroatoms. The van der Waals surface area contributed by atoms with Crippen LogP contribution < -0.4 is 14.9 Å². The van der Waals surface area contributed by atoms with Gasteiger partial charge in [-0.1, -0.05) is 5.92 Å². The molecule has 6 nitrogen and oxygen atoms in total. The second-order valence-electron chi connectivity index (χ2n) is 5.63. The van der Waals surface area contributed by atoms with Crippen molar-refractivity contribution in [3.63, 3.8) is 0 Å². The first-order chi connectivity index (χ1) is 13.6. The highest BCUT2D eigenvalue weighted by Gasteiger charge is 2.12. The molecule has 0 aliphatic rings. The molecule has 0 saturated heterocycles. The third-order valence-electron chi connectivity index (χ3n) is 3.67. The highest BCUT2D eigenvalue weighted by Crippen LogP contribution is 2.24. The van der Waals surface area contributed by atoms with Gasteiger partial charge in [-0.3, -0.25) is 4.79 Å². The number of carbonyl (C=O) groups excluding carboxylic acids is 1. The third kappa shape index (κ3) is 4.84. The average molecular weight is 488 g/mol. The predicted molar refractivity (Wildman–Crippen MR) is 116 cm³/mol. The minimum absolute atomic E-state index is 0.174. The number of hydrazone groups is 1. The van der Waals surface area contributed by atoms with Crippen molar-refractivity contribution >= 4 is 45.7 Å². The summed E-state index contributed by atoms with van der Waals surface area (Å²) >= 11 is 2.15. The van der Waals surface area contributed by atoms with Gasteiger partial charge < -0.3 is 13.9 Å². The number of terminal acetylenes is 1. The molecule has 1 amide bonds. The van der Waals surface area contributed by atoms with Crippen molar-refractivity contribution in [2.75, 3.05) is 13.2 Å². The zero-order chi connectivity index (χ0) is 19.9. The van der Waals surface area contributed by atoms with Crippen LogP contribution in [0.3, 0.4) is 0 Å². The van der Waals surface area contributed by atoms with E-state index in [1.807, 2.05) is 25.1 Å². The van der Waals surface area contributed by atoms with Gasteiger partial charge in [-0.25, -0.2) is 5.43 Å². The topological polar surface area (TPSA) is 73.1 Å². The lowest BCUT2D eigenvalue weighted by Crippen LogP contribution is -2.16. The van der Waals surface area contributed by atoms with Crippen LogP contribution in [0, 0.1) is 15.9 Å². The lowest BCUT2D eigenvalue weighted by atomic mass is 10.2. The Kier molecular flexibility index (Phi) is 6.55. The van der Waals surface area contributed by atoms with E-state index in [0.717, 1.165) is 20.3 Å². The van der Waals surface area contributed by atoms with Crippen LogP contribution in [0.5, 0.6) is 11.5 Å². The summed E-state index contributed by atoms with van der Waals surface area (Å²) in [6.45, 7) is 2.69. The van der Waals surface area contributed by atoms with Crippen LogP contribution in [0.25, 0.3) is 11.0 Å². The van der Waals surface area contributed by atoms with Crippen LogP contribution in [0.15, 0.2) is 52.0 Å². The van der Waals surface area contributed by atoms with Crippen LogP contribution in [-0.4, -0.2) is 25.3 Å². The zero-order valence-electron chi connectivity index (χ0n) is 15.1. The average Bonchev–Trinajstić information content (AvgIpc) is 3.11. The van der Waals surface area contributed by atoms with Crippen molar-refractivity contribution in [2.24, 2.45) is 5.10 Å². The largest absolute Gasteiger partial charge is 0.494 e. The van der Waals surface area contributed by atoms with Gasteiger partial charge >= 0.3 is 5.91 Å². The molecule has 0 fully saturated rings. The Balaban J connectivity index is 1.65. The number of benzene rings is 2. The van der Waals surface area contributed by atoms with Gasteiger partial charge in [0.1, 0.15) is 23.7 Å². The second kappa shape index (κ2) is 9.28. The van der Waals surface area contributed by atoms with Crippen molar-refractivity contribution in [1.82, 2.24) is 5.43 Å². The molecule has 0 atom stereocenters. The number of nitrogens with one attached hydrogen (secondary N) is 1. The third-order valence-corrected chi connectivity index (χ3v) is 4.51. The smallest absolute Gasteiger partial charge is 0.307 e. The molecule has 0 saturated carbocycles. The second-order valence-corrected chi connectivity index (χ2v) is 6.79. The number of ether oxygens (including phenoxy) is 2. The monoisotopic (exact) mass is 488 g/mol. The molecule has 1 aromatic heterocycles. The summed E-state index contributed by atoms with van der Waals surface area (Å²) in [6, 6.07) is 12.5. The first-order valence-electron chi connectivity index (χ1n) is 8.46. The minimum atomic E-state index is -0.436. The van der Waals surface area contributed by atoms with E-state index in [1.54, 1.807) is 30.5 Å². The van der Waals surface area contributed by atoms with E-state index in [-0.39, 0.29) is 12.4 Å². The summed E-state index contributed by atoms with van der Waals surface area (Å²) in [6.07, 6.45) is 6.73. The first kappa shape index (κ1) is 19.8. The number of hydrogen-bond donors (Lipinski definition) is 1. The molecule has 142 valence electrons. The highest BCUT2D eigenvalue weighted by atomic mass is 127. The molecular weight excluding hydrogens is 471 g/mol. The quantitative estimate of drug-likeness (QED) is 0.234. The van der Waals surface area contributed by atoms with E-state index < -0.39 is 5.91 Å². The number of amides is 1. The SMILES string of the molecule is C#CCOc1ccc(/C=N/NC(=O)c2cc3cc(OCC)ccc3o2)cc1I. The molecule has 1 heterocycles. The molecule has 0 aliphatic carbocycles. The molecule has 0 unspecified atom stereocenters. The molecule has 1 N–H and O–H groups in total. The highest BCUT2D eigenvalue weighted by molar-refractivity contribution is 14.1. The molecule has 3 aromatic rings. The predicted octanol–water partition coefficient (Wildman–Crippen LogP) is 4.21. The summed E-state index contributed by atoms with van der Waals surface area (Å²) in [5.74, 6) is 3.59. The van der Waals surface area contributed by atoms with E-state index in [2.05, 4.69) is 39.0 Å². The maximum Gasteiger partial charge on any atom is 0.307 e. The van der Waals surface area contributed by atoms with Gasteiger partial charge in [-0.2, -0.15) is 5.10 Å². The number of nitrogens with zero attached hydrogens (tertiary/aromatic N) is 1. The first-order valence-corrected chi connectivity index (χ1v) is 9.54. The summed E-state index contributed by atoms with van der Waals surface area (Å²) in [7, 11) is 0. The Morgan fingerprint density at radius 1 is 1.29 bits per heavy atom. The number of halogens is 1. The maximum atomic E-state index is 12.3. The van der Waals surface area contributed by atoms with Crippen molar-refractivity contribution in [3.8, 4) is 23.8 Å². The Hall–Kier alpha value is -2.99. The summed E-state index contributed by atoms with van der Waals surface area (Å²) in [5.41, 5.74) is 3.88. The van der Waals surface area contributed by atoms with Gasteiger partial charge in [0, 0.05) is 5.39 Å². The van der Waals surface area contributed by atoms with Crippen molar-refractivity contribution in [3.05, 3.63) is 57.4 Å². The van der Waals surface area contributed by atoms with E-state index in [1.165, 1.54) is 0 Å². The number of fused-ring (bicyclic) bond motifs is 1. The molecule has 0 radical (unpaired) electrons. The lowest BCUT2D eigenvalue weighted by Gasteiger charge is -2.05. The summed E-state index contributed by atoms with van der Waals surface area (Å²) < 4.78 is 17.3. The Labute approximate surface area is 176 Å². The van der Waals surface area contributed by atoms with Crippen molar-refractivity contribution in [1.29, 1.82) is 0 Å². The van der Waals surface area contributed by atoms with Crippen molar-refractivity contribution in [2.45, 2.75) is 6.92 Å². The Morgan fingerprint density at radius 3 is 2.89 bits per heavy atom. The fourth-order valence-electron chi connectivity index (χ4n) is 2.44. The number of hydrogen-bond acceptors (Lipinski definition) is 5. The van der Waals surface area contributed by atoms with Crippen LogP contribution in [0.2, 0.25) is 0 Å². The van der Waals surface area contributed by atoms with Crippen LogP contribution in [0.4, 0.5) is 0 Å². The van der Waals surface area contributed by atoms with Gasteiger partial charge in [0.2, 0.25) is 0 Å². The normalized spacial score (nSPS) is 10.8. The standard InChI is InChI=1S/C21H17IN2O4/c1-3-9-27-19-7-5-14(10-17(19)22)13-23-24-21(25)20-12-15-11-16(26-4-2)6-8-18(15)28-20/h1,5-8,10-13H,4,9H2,2H3,(H,24,25)/b23-13+. The lowest BCUT2D eigenvalue weighted by molar-refractivity contribution is 0.0929. The van der Waals surface area contributed by atoms with E-state index in [9.17, 15) is 4.79 Å². The van der Waals surface area contributed by atoms with Crippen molar-refractivity contribution < 1.29 is 18.7 Å². The van der Waals surface area contributed by atoms with E-state index in [4.69, 9.17) is 20.3 Å². The van der Waals surface area contributed by atoms with Crippen LogP contribution in [0.1, 0.15) is 23.0 Å².